The molecule has 162 valence electrons. The van der Waals surface area contributed by atoms with Gasteiger partial charge in [-0.2, -0.15) is 0 Å². The lowest BCUT2D eigenvalue weighted by molar-refractivity contribution is -0.115. The molecular weight excluding hydrogens is 430 g/mol. The minimum Gasteiger partial charge on any atom is -0.457 e. The Balaban J connectivity index is 1.76. The topological polar surface area (TPSA) is 81.2 Å². The zero-order valence-corrected chi connectivity index (χ0v) is 19.7. The minimum absolute atomic E-state index is 0.129. The molecule has 0 aliphatic heterocycles. The smallest absolute Gasteiger partial charge is 0.350 e. The number of pyridine rings is 1. The van der Waals surface area contributed by atoms with Gasteiger partial charge in [0.25, 0.3) is 0 Å². The summed E-state index contributed by atoms with van der Waals surface area (Å²) in [7, 11) is 0. The molecule has 1 amide bonds. The fraction of sp³-hybridized carbons (Fsp3) is 0.304. The average Bonchev–Trinajstić information content (AvgIpc) is 3.11. The predicted octanol–water partition coefficient (Wildman–Crippen LogP) is 5.47. The zero-order chi connectivity index (χ0) is 22.5. The molecule has 31 heavy (non-hydrogen) atoms. The molecule has 1 N–H and O–H groups in total. The predicted molar refractivity (Wildman–Crippen MR) is 127 cm³/mol. The Bertz CT molecular complexity index is 1140. The normalized spacial score (nSPS) is 11.9. The first-order valence-electron chi connectivity index (χ1n) is 9.94. The molecule has 0 aliphatic carbocycles. The molecule has 1 unspecified atom stereocenters. The van der Waals surface area contributed by atoms with Crippen LogP contribution in [-0.4, -0.2) is 33.7 Å². The summed E-state index contributed by atoms with van der Waals surface area (Å²) in [4.78, 5) is 34.5. The lowest BCUT2D eigenvalue weighted by Gasteiger charge is -2.14. The van der Waals surface area contributed by atoms with Gasteiger partial charge in [-0.1, -0.05) is 60.9 Å². The Morgan fingerprint density at radius 1 is 1.26 bits per heavy atom. The summed E-state index contributed by atoms with van der Waals surface area (Å²) in [6.45, 7) is 11.4. The SMILES string of the molecule is C=CCOC(=O)c1sc(NC(=O)C(CC)Sc2cc(C)c3cccc(C)c3n2)nc1C. The molecule has 2 aromatic heterocycles. The van der Waals surface area contributed by atoms with E-state index >= 15 is 0 Å². The maximum absolute atomic E-state index is 12.9. The maximum atomic E-state index is 12.9. The van der Waals surface area contributed by atoms with E-state index in [4.69, 9.17) is 9.72 Å². The van der Waals surface area contributed by atoms with Crippen molar-refractivity contribution in [2.75, 3.05) is 11.9 Å². The molecular formula is C23H25N3O3S2. The number of aryl methyl sites for hydroxylation is 3. The van der Waals surface area contributed by atoms with E-state index < -0.39 is 5.97 Å². The quantitative estimate of drug-likeness (QED) is 0.276. The monoisotopic (exact) mass is 455 g/mol. The standard InChI is InChI=1S/C23H25N3O3S2/c1-6-11-29-22(28)20-15(5)24-23(31-20)26-21(27)17(7-2)30-18-12-14(4)16-10-8-9-13(3)19(16)25-18/h6,8-10,12,17H,1,7,11H2,2-5H3,(H,24,26,27). The third-order valence-corrected chi connectivity index (χ3v) is 7.03. The number of para-hydroxylation sites is 1. The highest BCUT2D eigenvalue weighted by Gasteiger charge is 2.23. The third-order valence-electron chi connectivity index (χ3n) is 4.70. The number of esters is 1. The van der Waals surface area contributed by atoms with E-state index in [2.05, 4.69) is 29.9 Å². The number of aromatic nitrogens is 2. The van der Waals surface area contributed by atoms with E-state index in [0.717, 1.165) is 38.4 Å². The molecule has 0 spiro atoms. The van der Waals surface area contributed by atoms with Crippen LogP contribution in [0.1, 0.15) is 39.8 Å². The number of anilines is 1. The van der Waals surface area contributed by atoms with Crippen LogP contribution in [0, 0.1) is 20.8 Å². The number of fused-ring (bicyclic) bond motifs is 1. The van der Waals surface area contributed by atoms with Gasteiger partial charge in [0.1, 0.15) is 11.5 Å². The van der Waals surface area contributed by atoms with Crippen LogP contribution in [0.15, 0.2) is 41.9 Å². The van der Waals surface area contributed by atoms with Crippen molar-refractivity contribution in [2.45, 2.75) is 44.4 Å². The second-order valence-electron chi connectivity index (χ2n) is 7.07. The van der Waals surface area contributed by atoms with E-state index in [0.29, 0.717) is 22.1 Å². The zero-order valence-electron chi connectivity index (χ0n) is 18.0. The molecule has 3 aromatic rings. The number of carbonyl (C=O) groups is 2. The van der Waals surface area contributed by atoms with Gasteiger partial charge in [0.05, 0.1) is 21.5 Å². The van der Waals surface area contributed by atoms with Gasteiger partial charge in [0, 0.05) is 5.39 Å². The molecule has 8 heteroatoms. The van der Waals surface area contributed by atoms with E-state index in [1.54, 1.807) is 6.92 Å². The van der Waals surface area contributed by atoms with Crippen molar-refractivity contribution in [1.29, 1.82) is 0 Å². The second kappa shape index (κ2) is 10.1. The van der Waals surface area contributed by atoms with Crippen LogP contribution >= 0.6 is 23.1 Å². The van der Waals surface area contributed by atoms with Crippen molar-refractivity contribution in [1.82, 2.24) is 9.97 Å². The number of hydrogen-bond donors (Lipinski definition) is 1. The molecule has 0 saturated carbocycles. The van der Waals surface area contributed by atoms with Crippen molar-refractivity contribution in [3.05, 3.63) is 58.6 Å². The number of hydrogen-bond acceptors (Lipinski definition) is 7. The van der Waals surface area contributed by atoms with E-state index in [1.165, 1.54) is 17.8 Å². The summed E-state index contributed by atoms with van der Waals surface area (Å²) in [5.74, 6) is -0.639. The van der Waals surface area contributed by atoms with E-state index in [9.17, 15) is 9.59 Å². The number of thioether (sulfide) groups is 1. The molecule has 2 heterocycles. The number of carbonyl (C=O) groups excluding carboxylic acids is 2. The highest BCUT2D eigenvalue weighted by molar-refractivity contribution is 8.00. The molecule has 0 fully saturated rings. The summed E-state index contributed by atoms with van der Waals surface area (Å²) >= 11 is 2.54. The van der Waals surface area contributed by atoms with Gasteiger partial charge >= 0.3 is 5.97 Å². The Morgan fingerprint density at radius 3 is 2.74 bits per heavy atom. The lowest BCUT2D eigenvalue weighted by atomic mass is 10.1. The Kier molecular flexibility index (Phi) is 7.46. The van der Waals surface area contributed by atoms with Crippen LogP contribution in [0.3, 0.4) is 0 Å². The first-order chi connectivity index (χ1) is 14.8. The van der Waals surface area contributed by atoms with Gasteiger partial charge in [-0.3, -0.25) is 4.79 Å². The molecule has 0 radical (unpaired) electrons. The molecule has 6 nitrogen and oxygen atoms in total. The number of ether oxygens (including phenoxy) is 1. The fourth-order valence-electron chi connectivity index (χ4n) is 3.08. The number of thiazole rings is 1. The lowest BCUT2D eigenvalue weighted by Crippen LogP contribution is -2.24. The minimum atomic E-state index is -0.469. The van der Waals surface area contributed by atoms with Crippen LogP contribution in [0.25, 0.3) is 10.9 Å². The number of nitrogens with zero attached hydrogens (tertiary/aromatic N) is 2. The largest absolute Gasteiger partial charge is 0.457 e. The highest BCUT2D eigenvalue weighted by Crippen LogP contribution is 2.31. The third kappa shape index (κ3) is 5.32. The van der Waals surface area contributed by atoms with Gasteiger partial charge < -0.3 is 10.1 Å². The maximum Gasteiger partial charge on any atom is 0.350 e. The highest BCUT2D eigenvalue weighted by atomic mass is 32.2. The summed E-state index contributed by atoms with van der Waals surface area (Å²) in [5, 5.41) is 4.81. The number of benzene rings is 1. The molecule has 1 aromatic carbocycles. The number of amides is 1. The first kappa shape index (κ1) is 23.0. The van der Waals surface area contributed by atoms with Gasteiger partial charge in [0.2, 0.25) is 5.91 Å². The van der Waals surface area contributed by atoms with Crippen molar-refractivity contribution >= 4 is 51.0 Å². The van der Waals surface area contributed by atoms with Crippen LogP contribution < -0.4 is 5.32 Å². The average molecular weight is 456 g/mol. The molecule has 0 saturated heterocycles. The van der Waals surface area contributed by atoms with Crippen molar-refractivity contribution < 1.29 is 14.3 Å². The van der Waals surface area contributed by atoms with Crippen molar-refractivity contribution in [3.8, 4) is 0 Å². The van der Waals surface area contributed by atoms with Crippen molar-refractivity contribution in [2.24, 2.45) is 0 Å². The molecule has 0 aliphatic rings. The fourth-order valence-corrected chi connectivity index (χ4v) is 4.96. The van der Waals surface area contributed by atoms with Crippen molar-refractivity contribution in [3.63, 3.8) is 0 Å². The van der Waals surface area contributed by atoms with Crippen LogP contribution in [0.2, 0.25) is 0 Å². The van der Waals surface area contributed by atoms with E-state index in [1.807, 2.05) is 32.0 Å². The Hall–Kier alpha value is -2.71. The summed E-state index contributed by atoms with van der Waals surface area (Å²) < 4.78 is 5.07. The molecule has 3 rings (SSSR count). The van der Waals surface area contributed by atoms with Gasteiger partial charge in [0.15, 0.2) is 5.13 Å². The van der Waals surface area contributed by atoms with Gasteiger partial charge in [-0.15, -0.1) is 0 Å². The number of rotatable bonds is 8. The summed E-state index contributed by atoms with van der Waals surface area (Å²) in [6, 6.07) is 8.14. The number of nitrogens with one attached hydrogen (secondary N) is 1. The molecule has 0 bridgehead atoms. The van der Waals surface area contributed by atoms with Gasteiger partial charge in [-0.05, 0) is 44.4 Å². The molecule has 1 atom stereocenters. The van der Waals surface area contributed by atoms with Gasteiger partial charge in [-0.25, -0.2) is 14.8 Å². The first-order valence-corrected chi connectivity index (χ1v) is 11.6. The van der Waals surface area contributed by atoms with Crippen LogP contribution in [-0.2, 0) is 9.53 Å². The Labute approximate surface area is 190 Å². The Morgan fingerprint density at radius 2 is 2.03 bits per heavy atom. The second-order valence-corrected chi connectivity index (χ2v) is 9.30. The van der Waals surface area contributed by atoms with Crippen LogP contribution in [0.5, 0.6) is 0 Å². The summed E-state index contributed by atoms with van der Waals surface area (Å²) in [6.07, 6.45) is 2.13. The van der Waals surface area contributed by atoms with E-state index in [-0.39, 0.29) is 17.8 Å². The summed E-state index contributed by atoms with van der Waals surface area (Å²) in [5.41, 5.74) is 3.72. The van der Waals surface area contributed by atoms with Crippen LogP contribution in [0.4, 0.5) is 5.13 Å².